The van der Waals surface area contributed by atoms with E-state index in [1.807, 2.05) is 61.5 Å². The van der Waals surface area contributed by atoms with Gasteiger partial charge < -0.3 is 20.7 Å². The Labute approximate surface area is 154 Å². The van der Waals surface area contributed by atoms with Gasteiger partial charge in [0.2, 0.25) is 5.91 Å². The van der Waals surface area contributed by atoms with Crippen LogP contribution in [0.5, 0.6) is 5.75 Å². The Balaban J connectivity index is 1.75. The number of carbonyl (C=O) groups excluding carboxylic acids is 1. The molecule has 26 heavy (non-hydrogen) atoms. The van der Waals surface area contributed by atoms with Crippen LogP contribution >= 0.6 is 0 Å². The molecule has 2 aromatic carbocycles. The third-order valence-corrected chi connectivity index (χ3v) is 3.94. The van der Waals surface area contributed by atoms with Crippen LogP contribution < -0.4 is 20.7 Å². The number of nitrogens with one attached hydrogen (secondary N) is 3. The highest BCUT2D eigenvalue weighted by molar-refractivity contribution is 5.86. The minimum Gasteiger partial charge on any atom is -0.497 e. The highest BCUT2D eigenvalue weighted by Crippen LogP contribution is 2.11. The molecular weight excluding hydrogens is 328 g/mol. The summed E-state index contributed by atoms with van der Waals surface area (Å²) < 4.78 is 5.12. The molecule has 0 saturated carbocycles. The first-order valence-corrected chi connectivity index (χ1v) is 8.54. The number of nitrogens with zero attached hydrogens (tertiary/aromatic N) is 1. The Morgan fingerprint density at radius 2 is 1.77 bits per heavy atom. The molecule has 0 spiro atoms. The van der Waals surface area contributed by atoms with Crippen molar-refractivity contribution < 1.29 is 9.53 Å². The number of rotatable bonds is 7. The van der Waals surface area contributed by atoms with Crippen LogP contribution in [0.4, 0.5) is 0 Å². The molecule has 2 rings (SSSR count). The van der Waals surface area contributed by atoms with E-state index in [1.165, 1.54) is 0 Å². The smallest absolute Gasteiger partial charge is 0.239 e. The van der Waals surface area contributed by atoms with Crippen molar-refractivity contribution in [3.05, 3.63) is 65.7 Å². The van der Waals surface area contributed by atoms with E-state index >= 15 is 0 Å². The van der Waals surface area contributed by atoms with E-state index in [9.17, 15) is 4.79 Å². The number of aliphatic imine (C=N–C) groups is 1. The first-order chi connectivity index (χ1) is 12.6. The number of methoxy groups -OCH3 is 1. The molecule has 0 saturated heterocycles. The van der Waals surface area contributed by atoms with Gasteiger partial charge in [0.15, 0.2) is 5.96 Å². The average Bonchev–Trinajstić information content (AvgIpc) is 2.70. The van der Waals surface area contributed by atoms with Gasteiger partial charge in [-0.25, -0.2) is 0 Å². The molecule has 2 aromatic rings. The lowest BCUT2D eigenvalue weighted by Crippen LogP contribution is -2.43. The zero-order valence-corrected chi connectivity index (χ0v) is 15.5. The lowest BCUT2D eigenvalue weighted by atomic mass is 10.1. The number of ether oxygens (including phenoxy) is 1. The maximum atomic E-state index is 12.0. The fourth-order valence-corrected chi connectivity index (χ4v) is 2.40. The van der Waals surface area contributed by atoms with Gasteiger partial charge in [-0.3, -0.25) is 9.79 Å². The number of guanidine groups is 1. The highest BCUT2D eigenvalue weighted by Gasteiger charge is 2.08. The van der Waals surface area contributed by atoms with Crippen LogP contribution in [0, 0.1) is 0 Å². The van der Waals surface area contributed by atoms with E-state index in [2.05, 4.69) is 20.9 Å². The summed E-state index contributed by atoms with van der Waals surface area (Å²) in [6.45, 7) is 2.67. The van der Waals surface area contributed by atoms with Gasteiger partial charge in [-0.15, -0.1) is 0 Å². The second-order valence-electron chi connectivity index (χ2n) is 5.83. The topological polar surface area (TPSA) is 74.8 Å². The van der Waals surface area contributed by atoms with Gasteiger partial charge in [-0.2, -0.15) is 0 Å². The number of amides is 1. The Morgan fingerprint density at radius 3 is 2.38 bits per heavy atom. The highest BCUT2D eigenvalue weighted by atomic mass is 16.5. The van der Waals surface area contributed by atoms with Gasteiger partial charge in [0, 0.05) is 13.6 Å². The number of benzene rings is 2. The Hall–Kier alpha value is -3.02. The van der Waals surface area contributed by atoms with E-state index in [-0.39, 0.29) is 18.5 Å². The van der Waals surface area contributed by atoms with Gasteiger partial charge in [0.25, 0.3) is 0 Å². The maximum Gasteiger partial charge on any atom is 0.239 e. The zero-order chi connectivity index (χ0) is 18.8. The monoisotopic (exact) mass is 354 g/mol. The fourth-order valence-electron chi connectivity index (χ4n) is 2.40. The summed E-state index contributed by atoms with van der Waals surface area (Å²) in [6, 6.07) is 17.8. The Bertz CT molecular complexity index is 714. The molecule has 6 heteroatoms. The van der Waals surface area contributed by atoms with Crippen molar-refractivity contribution in [1.82, 2.24) is 16.0 Å². The summed E-state index contributed by atoms with van der Waals surface area (Å²) in [7, 11) is 3.31. The zero-order valence-electron chi connectivity index (χ0n) is 15.5. The standard InChI is InChI=1S/C20H26N4O2/c1-15(17-7-5-4-6-8-17)24-20(21-2)23-14-19(25)22-13-16-9-11-18(26-3)12-10-16/h4-12,15H,13-14H2,1-3H3,(H,22,25)(H2,21,23,24). The summed E-state index contributed by atoms with van der Waals surface area (Å²) >= 11 is 0. The molecule has 0 aliphatic heterocycles. The van der Waals surface area contributed by atoms with Gasteiger partial charge >= 0.3 is 0 Å². The Kier molecular flexibility index (Phi) is 7.49. The minimum atomic E-state index is -0.101. The van der Waals surface area contributed by atoms with E-state index in [4.69, 9.17) is 4.74 Å². The molecule has 0 heterocycles. The van der Waals surface area contributed by atoms with Crippen LogP contribution in [0.15, 0.2) is 59.6 Å². The van der Waals surface area contributed by atoms with E-state index in [0.717, 1.165) is 16.9 Å². The molecule has 1 amide bonds. The second kappa shape index (κ2) is 10.1. The first kappa shape index (κ1) is 19.3. The van der Waals surface area contributed by atoms with E-state index in [0.29, 0.717) is 12.5 Å². The maximum absolute atomic E-state index is 12.0. The third-order valence-electron chi connectivity index (χ3n) is 3.94. The summed E-state index contributed by atoms with van der Waals surface area (Å²) in [5.41, 5.74) is 2.17. The van der Waals surface area contributed by atoms with Gasteiger partial charge in [-0.1, -0.05) is 42.5 Å². The minimum absolute atomic E-state index is 0.0877. The van der Waals surface area contributed by atoms with Crippen LogP contribution in [-0.2, 0) is 11.3 Å². The fraction of sp³-hybridized carbons (Fsp3) is 0.300. The Morgan fingerprint density at radius 1 is 1.08 bits per heavy atom. The summed E-state index contributed by atoms with van der Waals surface area (Å²) in [5.74, 6) is 1.28. The lowest BCUT2D eigenvalue weighted by molar-refractivity contribution is -0.120. The van der Waals surface area contributed by atoms with E-state index in [1.54, 1.807) is 14.2 Å². The van der Waals surface area contributed by atoms with E-state index < -0.39 is 0 Å². The summed E-state index contributed by atoms with van der Waals surface area (Å²) in [6.07, 6.45) is 0. The second-order valence-corrected chi connectivity index (χ2v) is 5.83. The van der Waals surface area contributed by atoms with Crippen LogP contribution in [0.1, 0.15) is 24.1 Å². The van der Waals surface area contributed by atoms with Crippen molar-refractivity contribution >= 4 is 11.9 Å². The van der Waals surface area contributed by atoms with Crippen molar-refractivity contribution in [3.8, 4) is 5.75 Å². The molecule has 1 atom stereocenters. The van der Waals surface area contributed by atoms with Gasteiger partial charge in [-0.05, 0) is 30.2 Å². The van der Waals surface area contributed by atoms with Crippen LogP contribution in [-0.4, -0.2) is 32.6 Å². The van der Waals surface area contributed by atoms with Gasteiger partial charge in [0.1, 0.15) is 5.75 Å². The van der Waals surface area contributed by atoms with Crippen LogP contribution in [0.3, 0.4) is 0 Å². The molecule has 0 fully saturated rings. The summed E-state index contributed by atoms with van der Waals surface area (Å²) in [4.78, 5) is 16.2. The molecule has 3 N–H and O–H groups in total. The molecule has 0 radical (unpaired) electrons. The molecule has 0 aliphatic rings. The predicted octanol–water partition coefficient (Wildman–Crippen LogP) is 2.24. The van der Waals surface area contributed by atoms with Crippen LogP contribution in [0.25, 0.3) is 0 Å². The molecule has 1 unspecified atom stereocenters. The molecule has 0 aliphatic carbocycles. The number of carbonyl (C=O) groups is 1. The first-order valence-electron chi connectivity index (χ1n) is 8.54. The molecule has 0 bridgehead atoms. The number of hydrogen-bond acceptors (Lipinski definition) is 3. The largest absolute Gasteiger partial charge is 0.497 e. The van der Waals surface area contributed by atoms with Gasteiger partial charge in [0.05, 0.1) is 19.7 Å². The molecular formula is C20H26N4O2. The van der Waals surface area contributed by atoms with Crippen molar-refractivity contribution in [2.75, 3.05) is 20.7 Å². The average molecular weight is 354 g/mol. The van der Waals surface area contributed by atoms with Crippen LogP contribution in [0.2, 0.25) is 0 Å². The molecule has 0 aromatic heterocycles. The van der Waals surface area contributed by atoms with Crippen molar-refractivity contribution in [2.24, 2.45) is 4.99 Å². The van der Waals surface area contributed by atoms with Crippen molar-refractivity contribution in [2.45, 2.75) is 19.5 Å². The predicted molar refractivity (Wildman–Crippen MR) is 104 cm³/mol. The summed E-state index contributed by atoms with van der Waals surface area (Å²) in [5, 5.41) is 9.18. The SMILES string of the molecule is CN=C(NCC(=O)NCc1ccc(OC)cc1)NC(C)c1ccccc1. The molecule has 6 nitrogen and oxygen atoms in total. The molecule has 138 valence electrons. The number of hydrogen-bond donors (Lipinski definition) is 3. The normalized spacial score (nSPS) is 12.2. The van der Waals surface area contributed by atoms with Crippen molar-refractivity contribution in [3.63, 3.8) is 0 Å². The quantitative estimate of drug-likeness (QED) is 0.527. The lowest BCUT2D eigenvalue weighted by Gasteiger charge is -2.18. The van der Waals surface area contributed by atoms with Crippen molar-refractivity contribution in [1.29, 1.82) is 0 Å². The third kappa shape index (κ3) is 6.12.